The van der Waals surface area contributed by atoms with Crippen LogP contribution in [-0.2, 0) is 14.3 Å². The largest absolute Gasteiger partial charge is 0.481 e. The Bertz CT molecular complexity index is 225. The first kappa shape index (κ1) is 15.9. The Kier molecular flexibility index (Phi) is 9.49. The molecule has 0 fully saturated rings. The zero-order valence-corrected chi connectivity index (χ0v) is 10.9. The molecule has 4 nitrogen and oxygen atoms in total. The molecule has 0 rings (SSSR count). The second-order valence-corrected chi connectivity index (χ2v) is 4.26. The number of rotatable bonds is 10. The van der Waals surface area contributed by atoms with Gasteiger partial charge in [-0.3, -0.25) is 9.59 Å². The minimum absolute atomic E-state index is 0.0477. The van der Waals surface area contributed by atoms with Gasteiger partial charge in [-0.05, 0) is 25.7 Å². The Morgan fingerprint density at radius 1 is 1.12 bits per heavy atom. The van der Waals surface area contributed by atoms with Crippen molar-refractivity contribution in [2.24, 2.45) is 0 Å². The van der Waals surface area contributed by atoms with Crippen molar-refractivity contribution in [3.63, 3.8) is 0 Å². The minimum atomic E-state index is -0.776. The van der Waals surface area contributed by atoms with Gasteiger partial charge in [0, 0.05) is 12.8 Å². The van der Waals surface area contributed by atoms with Gasteiger partial charge >= 0.3 is 11.9 Å². The fraction of sp³-hybridized carbons (Fsp3) is 0.846. The highest BCUT2D eigenvalue weighted by Gasteiger charge is 2.11. The maximum absolute atomic E-state index is 11.4. The molecule has 0 aromatic heterocycles. The molecule has 0 spiro atoms. The van der Waals surface area contributed by atoms with Gasteiger partial charge in [-0.25, -0.2) is 0 Å². The topological polar surface area (TPSA) is 63.6 Å². The summed E-state index contributed by atoms with van der Waals surface area (Å²) in [6, 6.07) is 0. The van der Waals surface area contributed by atoms with Crippen molar-refractivity contribution in [2.45, 2.75) is 71.3 Å². The highest BCUT2D eigenvalue weighted by molar-refractivity contribution is 5.69. The Morgan fingerprint density at radius 2 is 1.76 bits per heavy atom. The zero-order chi connectivity index (χ0) is 13.1. The van der Waals surface area contributed by atoms with Crippen LogP contribution in [0.15, 0.2) is 0 Å². The molecule has 1 N–H and O–H groups in total. The predicted octanol–water partition coefficient (Wildman–Crippen LogP) is 3.14. The monoisotopic (exact) mass is 244 g/mol. The van der Waals surface area contributed by atoms with Crippen LogP contribution in [0.1, 0.15) is 65.2 Å². The molecule has 1 atom stereocenters. The van der Waals surface area contributed by atoms with Gasteiger partial charge in [-0.2, -0.15) is 0 Å². The predicted molar refractivity (Wildman–Crippen MR) is 65.8 cm³/mol. The van der Waals surface area contributed by atoms with Gasteiger partial charge in [-0.1, -0.05) is 26.7 Å². The van der Waals surface area contributed by atoms with Crippen molar-refractivity contribution in [3.05, 3.63) is 0 Å². The van der Waals surface area contributed by atoms with Crippen molar-refractivity contribution in [3.8, 4) is 0 Å². The summed E-state index contributed by atoms with van der Waals surface area (Å²) in [5.74, 6) is -0.929. The van der Waals surface area contributed by atoms with Gasteiger partial charge in [0.1, 0.15) is 6.10 Å². The van der Waals surface area contributed by atoms with Crippen LogP contribution in [0.4, 0.5) is 0 Å². The van der Waals surface area contributed by atoms with E-state index in [1.807, 2.05) is 6.92 Å². The van der Waals surface area contributed by atoms with E-state index in [4.69, 9.17) is 9.84 Å². The normalized spacial score (nSPS) is 12.1. The zero-order valence-electron chi connectivity index (χ0n) is 10.9. The third-order valence-corrected chi connectivity index (χ3v) is 2.64. The Morgan fingerprint density at radius 3 is 2.29 bits per heavy atom. The van der Waals surface area contributed by atoms with E-state index in [1.54, 1.807) is 0 Å². The number of carboxylic acids is 1. The maximum atomic E-state index is 11.4. The second kappa shape index (κ2) is 10.1. The van der Waals surface area contributed by atoms with Crippen LogP contribution in [0.2, 0.25) is 0 Å². The van der Waals surface area contributed by atoms with Crippen molar-refractivity contribution < 1.29 is 19.4 Å². The minimum Gasteiger partial charge on any atom is -0.481 e. The first-order chi connectivity index (χ1) is 8.10. The first-order valence-electron chi connectivity index (χ1n) is 6.51. The van der Waals surface area contributed by atoms with E-state index in [9.17, 15) is 9.59 Å². The number of unbranched alkanes of at least 4 members (excludes halogenated alkanes) is 2. The van der Waals surface area contributed by atoms with E-state index in [-0.39, 0.29) is 18.5 Å². The van der Waals surface area contributed by atoms with E-state index in [1.165, 1.54) is 0 Å². The van der Waals surface area contributed by atoms with Gasteiger partial charge < -0.3 is 9.84 Å². The number of carboxylic acid groups (broad SMARTS) is 1. The third-order valence-electron chi connectivity index (χ3n) is 2.64. The van der Waals surface area contributed by atoms with Crippen molar-refractivity contribution in [1.82, 2.24) is 0 Å². The molecule has 100 valence electrons. The average Bonchev–Trinajstić information content (AvgIpc) is 2.27. The molecule has 0 bridgehead atoms. The van der Waals surface area contributed by atoms with E-state index >= 15 is 0 Å². The molecular weight excluding hydrogens is 220 g/mol. The van der Waals surface area contributed by atoms with Crippen LogP contribution in [0.25, 0.3) is 0 Å². The van der Waals surface area contributed by atoms with Crippen LogP contribution in [0.5, 0.6) is 0 Å². The van der Waals surface area contributed by atoms with Crippen molar-refractivity contribution >= 4 is 11.9 Å². The first-order valence-corrected chi connectivity index (χ1v) is 6.51. The third kappa shape index (κ3) is 9.85. The average molecular weight is 244 g/mol. The van der Waals surface area contributed by atoms with Crippen LogP contribution < -0.4 is 0 Å². The molecule has 1 unspecified atom stereocenters. The molecule has 17 heavy (non-hydrogen) atoms. The standard InChI is InChI=1S/C13H24O4/c1-3-8-11(4-2)17-13(16)10-7-5-6-9-12(14)15/h11H,3-10H2,1-2H3,(H,14,15). The summed E-state index contributed by atoms with van der Waals surface area (Å²) < 4.78 is 5.31. The summed E-state index contributed by atoms with van der Waals surface area (Å²) in [7, 11) is 0. The fourth-order valence-electron chi connectivity index (χ4n) is 1.64. The lowest BCUT2D eigenvalue weighted by molar-refractivity contribution is -0.149. The van der Waals surface area contributed by atoms with E-state index in [2.05, 4.69) is 6.92 Å². The number of hydrogen-bond acceptors (Lipinski definition) is 3. The van der Waals surface area contributed by atoms with Gasteiger partial charge in [0.15, 0.2) is 0 Å². The number of esters is 1. The van der Waals surface area contributed by atoms with Crippen molar-refractivity contribution in [1.29, 1.82) is 0 Å². The number of carbonyl (C=O) groups excluding carboxylic acids is 1. The summed E-state index contributed by atoms with van der Waals surface area (Å²) in [4.78, 5) is 21.7. The number of ether oxygens (including phenoxy) is 1. The number of carbonyl (C=O) groups is 2. The molecule has 0 aliphatic rings. The van der Waals surface area contributed by atoms with Gasteiger partial charge in [0.2, 0.25) is 0 Å². The van der Waals surface area contributed by atoms with Crippen LogP contribution in [0, 0.1) is 0 Å². The highest BCUT2D eigenvalue weighted by Crippen LogP contribution is 2.10. The van der Waals surface area contributed by atoms with E-state index in [0.29, 0.717) is 19.3 Å². The van der Waals surface area contributed by atoms with Gasteiger partial charge in [-0.15, -0.1) is 0 Å². The summed E-state index contributed by atoms with van der Waals surface area (Å²) >= 11 is 0. The molecule has 0 saturated carbocycles. The molecular formula is C13H24O4. The SMILES string of the molecule is CCCC(CC)OC(=O)CCCCCC(=O)O. The summed E-state index contributed by atoms with van der Waals surface area (Å²) in [6.07, 6.45) is 5.55. The summed E-state index contributed by atoms with van der Waals surface area (Å²) in [5, 5.41) is 8.44. The summed E-state index contributed by atoms with van der Waals surface area (Å²) in [5.41, 5.74) is 0. The second-order valence-electron chi connectivity index (χ2n) is 4.26. The maximum Gasteiger partial charge on any atom is 0.306 e. The molecule has 4 heteroatoms. The summed E-state index contributed by atoms with van der Waals surface area (Å²) in [6.45, 7) is 4.09. The Labute approximate surface area is 103 Å². The molecule has 0 aromatic carbocycles. The van der Waals surface area contributed by atoms with Crippen LogP contribution >= 0.6 is 0 Å². The lowest BCUT2D eigenvalue weighted by atomic mass is 10.1. The molecule has 0 radical (unpaired) electrons. The van der Waals surface area contributed by atoms with Gasteiger partial charge in [0.05, 0.1) is 0 Å². The smallest absolute Gasteiger partial charge is 0.306 e. The van der Waals surface area contributed by atoms with E-state index in [0.717, 1.165) is 25.7 Å². The van der Waals surface area contributed by atoms with Gasteiger partial charge in [0.25, 0.3) is 0 Å². The molecule has 0 amide bonds. The number of aliphatic carboxylic acids is 1. The molecule has 0 aromatic rings. The Hall–Kier alpha value is -1.06. The molecule has 0 saturated heterocycles. The quantitative estimate of drug-likeness (QED) is 0.473. The number of hydrogen-bond donors (Lipinski definition) is 1. The molecule has 0 heterocycles. The lowest BCUT2D eigenvalue weighted by Crippen LogP contribution is -2.16. The fourth-order valence-corrected chi connectivity index (χ4v) is 1.64. The highest BCUT2D eigenvalue weighted by atomic mass is 16.5. The van der Waals surface area contributed by atoms with E-state index < -0.39 is 5.97 Å². The Balaban J connectivity index is 3.54. The molecule has 0 aliphatic heterocycles. The van der Waals surface area contributed by atoms with Crippen LogP contribution in [0.3, 0.4) is 0 Å². The lowest BCUT2D eigenvalue weighted by Gasteiger charge is -2.15. The molecule has 0 aliphatic carbocycles. The van der Waals surface area contributed by atoms with Crippen molar-refractivity contribution in [2.75, 3.05) is 0 Å². The van der Waals surface area contributed by atoms with Crippen LogP contribution in [-0.4, -0.2) is 23.1 Å².